The van der Waals surface area contributed by atoms with Gasteiger partial charge >= 0.3 is 0 Å². The van der Waals surface area contributed by atoms with E-state index in [9.17, 15) is 0 Å². The highest BCUT2D eigenvalue weighted by atomic mass is 15.4. The lowest BCUT2D eigenvalue weighted by Gasteiger charge is -2.05. The summed E-state index contributed by atoms with van der Waals surface area (Å²) < 4.78 is 2.22. The van der Waals surface area contributed by atoms with Crippen molar-refractivity contribution in [3.63, 3.8) is 0 Å². The fraction of sp³-hybridized carbons (Fsp3) is 0.238. The fourth-order valence-corrected chi connectivity index (χ4v) is 3.11. The number of benzene rings is 2. The maximum absolute atomic E-state index is 4.68. The van der Waals surface area contributed by atoms with Crippen LogP contribution in [-0.2, 0) is 6.54 Å². The van der Waals surface area contributed by atoms with Gasteiger partial charge in [0.15, 0.2) is 5.65 Å². The van der Waals surface area contributed by atoms with E-state index in [1.54, 1.807) is 6.21 Å². The molecule has 27 heavy (non-hydrogen) atoms. The summed E-state index contributed by atoms with van der Waals surface area (Å²) in [5.41, 5.74) is 7.94. The maximum atomic E-state index is 4.68. The first kappa shape index (κ1) is 17.1. The Morgan fingerprint density at radius 1 is 1.07 bits per heavy atom. The molecule has 136 valence electrons. The summed E-state index contributed by atoms with van der Waals surface area (Å²) >= 11 is 0. The first-order valence-electron chi connectivity index (χ1n) is 9.23. The summed E-state index contributed by atoms with van der Waals surface area (Å²) in [6.45, 7) is 5.16. The molecule has 4 rings (SSSR count). The molecule has 1 N–H and O–H groups in total. The molecule has 0 bridgehead atoms. The number of fused-ring (bicyclic) bond motifs is 3. The Hall–Kier alpha value is -3.28. The lowest BCUT2D eigenvalue weighted by Crippen LogP contribution is -2.03. The number of nitrogens with zero attached hydrogens (tertiary/aromatic N) is 5. The largest absolute Gasteiger partial charge is 0.324 e. The Labute approximate surface area is 158 Å². The predicted octanol–water partition coefficient (Wildman–Crippen LogP) is 4.53. The van der Waals surface area contributed by atoms with E-state index in [1.165, 1.54) is 5.56 Å². The monoisotopic (exact) mass is 358 g/mol. The molecule has 0 aliphatic carbocycles. The van der Waals surface area contributed by atoms with Crippen LogP contribution in [0.1, 0.15) is 30.9 Å². The van der Waals surface area contributed by atoms with E-state index in [1.807, 2.05) is 24.3 Å². The molecule has 6 nitrogen and oxygen atoms in total. The molecule has 2 aromatic heterocycles. The third kappa shape index (κ3) is 3.51. The maximum Gasteiger partial charge on any atom is 0.265 e. The van der Waals surface area contributed by atoms with Crippen molar-refractivity contribution >= 4 is 34.2 Å². The second-order valence-electron chi connectivity index (χ2n) is 6.61. The number of hydrogen-bond donors (Lipinski definition) is 1. The van der Waals surface area contributed by atoms with Crippen LogP contribution in [0.2, 0.25) is 0 Å². The first-order chi connectivity index (χ1) is 13.3. The SMILES string of the molecule is CCCCn1c2ccccc2c2nnc(N/N=C/c3ccc(C)cc3)nc21. The summed E-state index contributed by atoms with van der Waals surface area (Å²) in [6.07, 6.45) is 3.96. The Kier molecular flexibility index (Phi) is 4.78. The Morgan fingerprint density at radius 2 is 1.89 bits per heavy atom. The predicted molar refractivity (Wildman–Crippen MR) is 110 cm³/mol. The topological polar surface area (TPSA) is 68.0 Å². The lowest BCUT2D eigenvalue weighted by atomic mass is 10.2. The number of hydrogen-bond acceptors (Lipinski definition) is 5. The van der Waals surface area contributed by atoms with E-state index >= 15 is 0 Å². The molecule has 0 saturated carbocycles. The van der Waals surface area contributed by atoms with E-state index in [-0.39, 0.29) is 0 Å². The minimum atomic E-state index is 0.395. The van der Waals surface area contributed by atoms with Crippen molar-refractivity contribution in [2.45, 2.75) is 33.2 Å². The number of para-hydroxylation sites is 1. The van der Waals surface area contributed by atoms with Gasteiger partial charge in [-0.1, -0.05) is 61.4 Å². The van der Waals surface area contributed by atoms with Crippen molar-refractivity contribution in [3.8, 4) is 0 Å². The summed E-state index contributed by atoms with van der Waals surface area (Å²) in [5, 5.41) is 13.9. The van der Waals surface area contributed by atoms with E-state index < -0.39 is 0 Å². The molecule has 2 heterocycles. The molecule has 0 saturated heterocycles. The number of aromatic nitrogens is 4. The Balaban J connectivity index is 1.66. The van der Waals surface area contributed by atoms with Crippen LogP contribution in [0.5, 0.6) is 0 Å². The van der Waals surface area contributed by atoms with Crippen molar-refractivity contribution in [1.82, 2.24) is 19.7 Å². The van der Waals surface area contributed by atoms with Gasteiger partial charge in [-0.05, 0) is 25.0 Å². The molecule has 2 aromatic carbocycles. The number of nitrogens with one attached hydrogen (secondary N) is 1. The van der Waals surface area contributed by atoms with Gasteiger partial charge < -0.3 is 4.57 Å². The average Bonchev–Trinajstić information content (AvgIpc) is 3.01. The van der Waals surface area contributed by atoms with Crippen LogP contribution in [0.3, 0.4) is 0 Å². The van der Waals surface area contributed by atoms with E-state index in [0.29, 0.717) is 5.95 Å². The van der Waals surface area contributed by atoms with Crippen LogP contribution >= 0.6 is 0 Å². The van der Waals surface area contributed by atoms with Crippen molar-refractivity contribution in [2.75, 3.05) is 5.43 Å². The van der Waals surface area contributed by atoms with Crippen molar-refractivity contribution in [3.05, 3.63) is 59.7 Å². The van der Waals surface area contributed by atoms with Crippen molar-refractivity contribution in [1.29, 1.82) is 0 Å². The quantitative estimate of drug-likeness (QED) is 0.406. The molecule has 0 aliphatic heterocycles. The zero-order valence-corrected chi connectivity index (χ0v) is 15.6. The van der Waals surface area contributed by atoms with E-state index in [0.717, 1.165) is 47.0 Å². The van der Waals surface area contributed by atoms with Crippen LogP contribution in [0, 0.1) is 6.92 Å². The van der Waals surface area contributed by atoms with Crippen LogP contribution < -0.4 is 5.43 Å². The third-order valence-corrected chi connectivity index (χ3v) is 4.56. The molecule has 0 amide bonds. The summed E-state index contributed by atoms with van der Waals surface area (Å²) in [7, 11) is 0. The number of unbranched alkanes of at least 4 members (excludes halogenated alkanes) is 1. The van der Waals surface area contributed by atoms with Gasteiger partial charge in [0.05, 0.1) is 11.7 Å². The highest BCUT2D eigenvalue weighted by Gasteiger charge is 2.13. The van der Waals surface area contributed by atoms with Gasteiger partial charge in [0.1, 0.15) is 5.52 Å². The third-order valence-electron chi connectivity index (χ3n) is 4.56. The lowest BCUT2D eigenvalue weighted by molar-refractivity contribution is 0.660. The van der Waals surface area contributed by atoms with Crippen LogP contribution in [-0.4, -0.2) is 26.0 Å². The fourth-order valence-electron chi connectivity index (χ4n) is 3.11. The van der Waals surface area contributed by atoms with Gasteiger partial charge in [0.2, 0.25) is 0 Å². The number of hydrazone groups is 1. The van der Waals surface area contributed by atoms with Crippen molar-refractivity contribution < 1.29 is 0 Å². The van der Waals surface area contributed by atoms with E-state index in [2.05, 4.69) is 68.4 Å². The van der Waals surface area contributed by atoms with Gasteiger partial charge in [-0.25, -0.2) is 5.43 Å². The van der Waals surface area contributed by atoms with E-state index in [4.69, 9.17) is 0 Å². The highest BCUT2D eigenvalue weighted by molar-refractivity contribution is 6.04. The molecule has 0 unspecified atom stereocenters. The van der Waals surface area contributed by atoms with Gasteiger partial charge in [-0.3, -0.25) is 0 Å². The minimum Gasteiger partial charge on any atom is -0.324 e. The zero-order chi connectivity index (χ0) is 18.6. The molecule has 0 spiro atoms. The number of anilines is 1. The molecule has 0 atom stereocenters. The second kappa shape index (κ2) is 7.53. The van der Waals surface area contributed by atoms with Gasteiger partial charge in [-0.2, -0.15) is 10.1 Å². The van der Waals surface area contributed by atoms with Crippen LogP contribution in [0.4, 0.5) is 5.95 Å². The molecule has 0 aliphatic rings. The zero-order valence-electron chi connectivity index (χ0n) is 15.6. The smallest absolute Gasteiger partial charge is 0.265 e. The first-order valence-corrected chi connectivity index (χ1v) is 9.23. The molecular weight excluding hydrogens is 336 g/mol. The Bertz CT molecular complexity index is 1100. The molecular formula is C21H22N6. The van der Waals surface area contributed by atoms with Crippen molar-refractivity contribution in [2.24, 2.45) is 5.10 Å². The summed E-state index contributed by atoms with van der Waals surface area (Å²) in [4.78, 5) is 4.68. The second-order valence-corrected chi connectivity index (χ2v) is 6.61. The van der Waals surface area contributed by atoms with Gasteiger partial charge in [0.25, 0.3) is 5.95 Å². The molecule has 0 radical (unpaired) electrons. The molecule has 6 heteroatoms. The van der Waals surface area contributed by atoms with Gasteiger partial charge in [-0.15, -0.1) is 10.2 Å². The normalized spacial score (nSPS) is 11.6. The summed E-state index contributed by atoms with van der Waals surface area (Å²) in [5.74, 6) is 0.395. The van der Waals surface area contributed by atoms with Crippen LogP contribution in [0.15, 0.2) is 53.6 Å². The average molecular weight is 358 g/mol. The number of rotatable bonds is 6. The molecule has 0 fully saturated rings. The van der Waals surface area contributed by atoms with Gasteiger partial charge in [0, 0.05) is 11.9 Å². The summed E-state index contributed by atoms with van der Waals surface area (Å²) in [6, 6.07) is 16.4. The Morgan fingerprint density at radius 3 is 2.70 bits per heavy atom. The highest BCUT2D eigenvalue weighted by Crippen LogP contribution is 2.26. The minimum absolute atomic E-state index is 0.395. The number of aryl methyl sites for hydroxylation is 2. The standard InChI is InChI=1S/C21H22N6/c1-3-4-13-27-18-8-6-5-7-17(18)19-20(27)23-21(26-24-19)25-22-14-16-11-9-15(2)10-12-16/h5-12,14H,3-4,13H2,1-2H3,(H,23,25,26)/b22-14+. The van der Waals surface area contributed by atoms with Crippen LogP contribution in [0.25, 0.3) is 22.1 Å². The molecule has 4 aromatic rings.